The minimum Gasteiger partial charge on any atom is -0.381 e. The van der Waals surface area contributed by atoms with Gasteiger partial charge in [-0.3, -0.25) is 0 Å². The van der Waals surface area contributed by atoms with E-state index >= 15 is 0 Å². The third-order valence-corrected chi connectivity index (χ3v) is 4.91. The third-order valence-electron chi connectivity index (χ3n) is 4.91. The molecular weight excluding hydrogens is 254 g/mol. The Kier molecular flexibility index (Phi) is 3.42. The predicted octanol–water partition coefficient (Wildman–Crippen LogP) is 5.05. The molecule has 0 radical (unpaired) electrons. The van der Waals surface area contributed by atoms with Gasteiger partial charge in [-0.25, -0.2) is 0 Å². The SMILES string of the molecule is c1cc2c(c(NCc3ccc(C4CC4)cc3)c1)CCCC2. The Hall–Kier alpha value is -1.76. The first-order valence-electron chi connectivity index (χ1n) is 8.33. The van der Waals surface area contributed by atoms with Crippen LogP contribution in [0.25, 0.3) is 0 Å². The first-order valence-corrected chi connectivity index (χ1v) is 8.33. The zero-order valence-electron chi connectivity index (χ0n) is 12.6. The second-order valence-electron chi connectivity index (χ2n) is 6.52. The number of hydrogen-bond acceptors (Lipinski definition) is 1. The van der Waals surface area contributed by atoms with E-state index in [2.05, 4.69) is 47.8 Å². The van der Waals surface area contributed by atoms with Gasteiger partial charge >= 0.3 is 0 Å². The van der Waals surface area contributed by atoms with Crippen molar-refractivity contribution in [2.24, 2.45) is 0 Å². The highest BCUT2D eigenvalue weighted by Crippen LogP contribution is 2.39. The van der Waals surface area contributed by atoms with Crippen LogP contribution in [0.4, 0.5) is 5.69 Å². The summed E-state index contributed by atoms with van der Waals surface area (Å²) < 4.78 is 0. The van der Waals surface area contributed by atoms with Crippen LogP contribution in [0, 0.1) is 0 Å². The minimum atomic E-state index is 0.855. The molecule has 0 amide bonds. The maximum Gasteiger partial charge on any atom is 0.0400 e. The summed E-state index contributed by atoms with van der Waals surface area (Å²) >= 11 is 0. The van der Waals surface area contributed by atoms with Crippen molar-refractivity contribution in [3.8, 4) is 0 Å². The van der Waals surface area contributed by atoms with Crippen LogP contribution in [0.1, 0.15) is 53.9 Å². The van der Waals surface area contributed by atoms with Crippen LogP contribution in [-0.4, -0.2) is 0 Å². The summed E-state index contributed by atoms with van der Waals surface area (Å²) in [5, 5.41) is 3.65. The first kappa shape index (κ1) is 12.9. The van der Waals surface area contributed by atoms with Gasteiger partial charge in [0.05, 0.1) is 0 Å². The molecule has 0 aliphatic heterocycles. The highest BCUT2D eigenvalue weighted by atomic mass is 14.9. The molecular formula is C20H23N. The maximum atomic E-state index is 3.65. The largest absolute Gasteiger partial charge is 0.381 e. The lowest BCUT2D eigenvalue weighted by atomic mass is 9.90. The third kappa shape index (κ3) is 2.83. The van der Waals surface area contributed by atoms with E-state index in [1.807, 2.05) is 0 Å². The van der Waals surface area contributed by atoms with Gasteiger partial charge in [-0.1, -0.05) is 36.4 Å². The Morgan fingerprint density at radius 3 is 2.52 bits per heavy atom. The van der Waals surface area contributed by atoms with Gasteiger partial charge < -0.3 is 5.32 Å². The molecule has 1 heteroatoms. The number of benzene rings is 2. The van der Waals surface area contributed by atoms with Crippen LogP contribution >= 0.6 is 0 Å². The monoisotopic (exact) mass is 277 g/mol. The predicted molar refractivity (Wildman–Crippen MR) is 88.8 cm³/mol. The molecule has 1 N–H and O–H groups in total. The lowest BCUT2D eigenvalue weighted by Gasteiger charge is -2.20. The van der Waals surface area contributed by atoms with Crippen LogP contribution in [-0.2, 0) is 19.4 Å². The van der Waals surface area contributed by atoms with E-state index in [0.717, 1.165) is 12.5 Å². The van der Waals surface area contributed by atoms with E-state index in [1.54, 1.807) is 11.1 Å². The number of hydrogen-bond donors (Lipinski definition) is 1. The smallest absolute Gasteiger partial charge is 0.0400 e. The van der Waals surface area contributed by atoms with Gasteiger partial charge in [-0.05, 0) is 72.8 Å². The van der Waals surface area contributed by atoms with Crippen LogP contribution in [0.5, 0.6) is 0 Å². The molecule has 2 aromatic rings. The van der Waals surface area contributed by atoms with Gasteiger partial charge in [0, 0.05) is 12.2 Å². The summed E-state index contributed by atoms with van der Waals surface area (Å²) in [5.41, 5.74) is 7.36. The van der Waals surface area contributed by atoms with Crippen molar-refractivity contribution in [1.29, 1.82) is 0 Å². The number of nitrogens with one attached hydrogen (secondary N) is 1. The van der Waals surface area contributed by atoms with E-state index in [4.69, 9.17) is 0 Å². The second kappa shape index (κ2) is 5.55. The Morgan fingerprint density at radius 2 is 1.71 bits per heavy atom. The molecule has 0 bridgehead atoms. The molecule has 108 valence electrons. The van der Waals surface area contributed by atoms with Crippen LogP contribution in [0.2, 0.25) is 0 Å². The summed E-state index contributed by atoms with van der Waals surface area (Å²) in [6.45, 7) is 0.932. The molecule has 0 heterocycles. The lowest BCUT2D eigenvalue weighted by molar-refractivity contribution is 0.686. The fourth-order valence-electron chi connectivity index (χ4n) is 3.47. The second-order valence-corrected chi connectivity index (χ2v) is 6.52. The van der Waals surface area contributed by atoms with Crippen molar-refractivity contribution in [3.63, 3.8) is 0 Å². The fourth-order valence-corrected chi connectivity index (χ4v) is 3.47. The van der Waals surface area contributed by atoms with E-state index in [-0.39, 0.29) is 0 Å². The fraction of sp³-hybridized carbons (Fsp3) is 0.400. The molecule has 2 aliphatic rings. The van der Waals surface area contributed by atoms with Gasteiger partial charge in [-0.2, -0.15) is 0 Å². The Morgan fingerprint density at radius 1 is 0.905 bits per heavy atom. The first-order chi connectivity index (χ1) is 10.4. The molecule has 1 saturated carbocycles. The number of fused-ring (bicyclic) bond motifs is 1. The summed E-state index contributed by atoms with van der Waals surface area (Å²) in [6.07, 6.45) is 7.93. The lowest BCUT2D eigenvalue weighted by Crippen LogP contribution is -2.08. The molecule has 0 atom stereocenters. The van der Waals surface area contributed by atoms with Crippen molar-refractivity contribution >= 4 is 5.69 Å². The van der Waals surface area contributed by atoms with E-state index in [0.29, 0.717) is 0 Å². The van der Waals surface area contributed by atoms with Crippen LogP contribution < -0.4 is 5.32 Å². The van der Waals surface area contributed by atoms with Crippen molar-refractivity contribution in [1.82, 2.24) is 0 Å². The molecule has 1 fully saturated rings. The van der Waals surface area contributed by atoms with Crippen LogP contribution in [0.15, 0.2) is 42.5 Å². The van der Waals surface area contributed by atoms with Gasteiger partial charge in [-0.15, -0.1) is 0 Å². The summed E-state index contributed by atoms with van der Waals surface area (Å²) in [6, 6.07) is 15.9. The van der Waals surface area contributed by atoms with Gasteiger partial charge in [0.15, 0.2) is 0 Å². The number of anilines is 1. The molecule has 0 aromatic heterocycles. The van der Waals surface area contributed by atoms with Crippen molar-refractivity contribution in [3.05, 3.63) is 64.7 Å². The molecule has 0 saturated heterocycles. The van der Waals surface area contributed by atoms with Gasteiger partial charge in [0.1, 0.15) is 0 Å². The minimum absolute atomic E-state index is 0.855. The molecule has 21 heavy (non-hydrogen) atoms. The highest BCUT2D eigenvalue weighted by Gasteiger charge is 2.22. The molecule has 0 unspecified atom stereocenters. The van der Waals surface area contributed by atoms with Gasteiger partial charge in [0.2, 0.25) is 0 Å². The molecule has 2 aromatic carbocycles. The zero-order chi connectivity index (χ0) is 14.1. The zero-order valence-corrected chi connectivity index (χ0v) is 12.6. The normalized spacial score (nSPS) is 17.3. The standard InChI is InChI=1S/C20H23N/c1-2-6-19-18(4-1)5-3-7-20(19)21-14-15-8-10-16(11-9-15)17-12-13-17/h3,5,7-11,17,21H,1-2,4,6,12-14H2. The van der Waals surface area contributed by atoms with E-state index in [9.17, 15) is 0 Å². The molecule has 4 rings (SSSR count). The number of rotatable bonds is 4. The maximum absolute atomic E-state index is 3.65. The molecule has 2 aliphatic carbocycles. The van der Waals surface area contributed by atoms with Gasteiger partial charge in [0.25, 0.3) is 0 Å². The van der Waals surface area contributed by atoms with Crippen LogP contribution in [0.3, 0.4) is 0 Å². The van der Waals surface area contributed by atoms with E-state index in [1.165, 1.54) is 55.3 Å². The van der Waals surface area contributed by atoms with Crippen molar-refractivity contribution < 1.29 is 0 Å². The molecule has 0 spiro atoms. The summed E-state index contributed by atoms with van der Waals surface area (Å²) in [7, 11) is 0. The van der Waals surface area contributed by atoms with Crippen molar-refractivity contribution in [2.45, 2.75) is 51.0 Å². The Labute approximate surface area is 127 Å². The quantitative estimate of drug-likeness (QED) is 0.824. The summed E-state index contributed by atoms with van der Waals surface area (Å²) in [4.78, 5) is 0. The van der Waals surface area contributed by atoms with E-state index < -0.39 is 0 Å². The topological polar surface area (TPSA) is 12.0 Å². The average Bonchev–Trinajstić information content (AvgIpc) is 3.38. The summed E-state index contributed by atoms with van der Waals surface area (Å²) in [5.74, 6) is 0.855. The number of aryl methyl sites for hydroxylation is 1. The Bertz CT molecular complexity index is 623. The Balaban J connectivity index is 1.46. The molecule has 1 nitrogen and oxygen atoms in total. The van der Waals surface area contributed by atoms with Crippen molar-refractivity contribution in [2.75, 3.05) is 5.32 Å². The highest BCUT2D eigenvalue weighted by molar-refractivity contribution is 5.56. The average molecular weight is 277 g/mol.